The summed E-state index contributed by atoms with van der Waals surface area (Å²) >= 11 is 0. The molecule has 9 nitrogen and oxygen atoms in total. The third-order valence-corrected chi connectivity index (χ3v) is 7.55. The second-order valence-corrected chi connectivity index (χ2v) is 10.2. The lowest BCUT2D eigenvalue weighted by Crippen LogP contribution is -2.61. The fourth-order valence-electron chi connectivity index (χ4n) is 6.51. The van der Waals surface area contributed by atoms with Gasteiger partial charge in [0.15, 0.2) is 0 Å². The summed E-state index contributed by atoms with van der Waals surface area (Å²) in [4.78, 5) is 51.6. The smallest absolute Gasteiger partial charge is 0.328 e. The van der Waals surface area contributed by atoms with Crippen LogP contribution in [0.15, 0.2) is 0 Å². The lowest BCUT2D eigenvalue weighted by atomic mass is 9.44. The van der Waals surface area contributed by atoms with E-state index < -0.39 is 22.8 Å². The van der Waals surface area contributed by atoms with Crippen LogP contribution in [-0.2, 0) is 23.9 Å². The number of esters is 2. The Morgan fingerprint density at radius 2 is 1.59 bits per heavy atom. The molecule has 4 saturated carbocycles. The maximum absolute atomic E-state index is 13.5. The molecule has 0 saturated heterocycles. The lowest BCUT2D eigenvalue weighted by molar-refractivity contribution is -0.182. The predicted octanol–water partition coefficient (Wildman–Crippen LogP) is 1.85. The van der Waals surface area contributed by atoms with Crippen LogP contribution in [0.3, 0.4) is 0 Å². The Morgan fingerprint density at radius 1 is 0.969 bits per heavy atom. The number of amides is 3. The summed E-state index contributed by atoms with van der Waals surface area (Å²) in [7, 11) is 6.08. The number of rotatable bonds is 9. The van der Waals surface area contributed by atoms with E-state index in [0.29, 0.717) is 44.1 Å². The van der Waals surface area contributed by atoms with E-state index in [4.69, 9.17) is 9.47 Å². The minimum Gasteiger partial charge on any atom is -0.469 e. The molecule has 4 aliphatic carbocycles. The number of carbonyl (C=O) groups excluding carboxylic acids is 4. The molecule has 2 N–H and O–H groups in total. The van der Waals surface area contributed by atoms with Gasteiger partial charge < -0.3 is 25.0 Å². The van der Waals surface area contributed by atoms with Crippen molar-refractivity contribution in [3.63, 3.8) is 0 Å². The average molecular weight is 452 g/mol. The topological polar surface area (TPSA) is 114 Å². The van der Waals surface area contributed by atoms with Gasteiger partial charge in [0.2, 0.25) is 5.91 Å². The molecule has 0 aromatic heterocycles. The molecule has 0 heterocycles. The molecule has 4 rings (SSSR count). The van der Waals surface area contributed by atoms with Crippen LogP contribution >= 0.6 is 0 Å². The van der Waals surface area contributed by atoms with Gasteiger partial charge in [-0.1, -0.05) is 0 Å². The van der Waals surface area contributed by atoms with Crippen molar-refractivity contribution >= 4 is 23.9 Å². The number of nitrogens with one attached hydrogen (secondary N) is 2. The molecular formula is C23H37N3O6. The fraction of sp³-hybridized carbons (Fsp3) is 0.826. The summed E-state index contributed by atoms with van der Waals surface area (Å²) in [5.41, 5.74) is -1.19. The molecule has 180 valence electrons. The normalized spacial score (nSPS) is 30.9. The third-order valence-electron chi connectivity index (χ3n) is 7.55. The number of hydrogen-bond acceptors (Lipinski definition) is 6. The van der Waals surface area contributed by atoms with Crippen molar-refractivity contribution < 1.29 is 28.7 Å². The van der Waals surface area contributed by atoms with Gasteiger partial charge in [-0.2, -0.15) is 0 Å². The Balaban J connectivity index is 1.62. The zero-order chi connectivity index (χ0) is 23.5. The van der Waals surface area contributed by atoms with E-state index in [2.05, 4.69) is 10.6 Å². The van der Waals surface area contributed by atoms with Crippen LogP contribution in [0.2, 0.25) is 0 Å². The van der Waals surface area contributed by atoms with E-state index >= 15 is 0 Å². The number of methoxy groups -OCH3 is 2. The van der Waals surface area contributed by atoms with Crippen LogP contribution < -0.4 is 10.6 Å². The van der Waals surface area contributed by atoms with Crippen LogP contribution in [-0.4, -0.2) is 69.7 Å². The molecule has 0 aromatic rings. The van der Waals surface area contributed by atoms with Gasteiger partial charge >= 0.3 is 18.0 Å². The summed E-state index contributed by atoms with van der Waals surface area (Å²) in [5.74, 6) is -0.122. The average Bonchev–Trinajstić information content (AvgIpc) is 2.75. The molecule has 9 heteroatoms. The summed E-state index contributed by atoms with van der Waals surface area (Å²) < 4.78 is 10.1. The Kier molecular flexibility index (Phi) is 7.35. The first-order valence-electron chi connectivity index (χ1n) is 11.6. The van der Waals surface area contributed by atoms with Crippen LogP contribution in [0.5, 0.6) is 0 Å². The Labute approximate surface area is 189 Å². The van der Waals surface area contributed by atoms with Gasteiger partial charge in [0, 0.05) is 20.6 Å². The van der Waals surface area contributed by atoms with Crippen LogP contribution in [0.4, 0.5) is 4.79 Å². The zero-order valence-electron chi connectivity index (χ0n) is 19.7. The fourth-order valence-corrected chi connectivity index (χ4v) is 6.51. The van der Waals surface area contributed by atoms with Gasteiger partial charge in [-0.05, 0) is 69.6 Å². The van der Waals surface area contributed by atoms with Crippen molar-refractivity contribution in [3.8, 4) is 0 Å². The van der Waals surface area contributed by atoms with Crippen molar-refractivity contribution in [2.75, 3.05) is 34.9 Å². The maximum atomic E-state index is 13.5. The predicted molar refractivity (Wildman–Crippen MR) is 116 cm³/mol. The van der Waals surface area contributed by atoms with E-state index in [1.807, 2.05) is 0 Å². The van der Waals surface area contributed by atoms with Crippen molar-refractivity contribution in [2.45, 2.75) is 63.8 Å². The molecule has 0 aliphatic heterocycles. The highest BCUT2D eigenvalue weighted by molar-refractivity contribution is 5.89. The minimum absolute atomic E-state index is 0.142. The number of urea groups is 1. The van der Waals surface area contributed by atoms with E-state index in [9.17, 15) is 19.2 Å². The monoisotopic (exact) mass is 451 g/mol. The molecule has 0 spiro atoms. The minimum atomic E-state index is -0.737. The highest BCUT2D eigenvalue weighted by atomic mass is 16.5. The summed E-state index contributed by atoms with van der Waals surface area (Å²) in [5, 5.41) is 5.74. The van der Waals surface area contributed by atoms with E-state index in [-0.39, 0.29) is 17.9 Å². The number of carbonyl (C=O) groups is 4. The molecule has 32 heavy (non-hydrogen) atoms. The second-order valence-electron chi connectivity index (χ2n) is 10.2. The van der Waals surface area contributed by atoms with Crippen molar-refractivity contribution in [3.05, 3.63) is 0 Å². The SMILES string of the molecule is COC(=O)[C@H](CCCCNC(=O)N(C)C)NC(=O)C12CC3CC(C1)CC(C(=O)OC)(C3)C2. The Morgan fingerprint density at radius 3 is 2.16 bits per heavy atom. The molecule has 3 amide bonds. The first-order valence-corrected chi connectivity index (χ1v) is 11.6. The highest BCUT2D eigenvalue weighted by Gasteiger charge is 2.63. The van der Waals surface area contributed by atoms with Crippen molar-refractivity contribution in [1.82, 2.24) is 15.5 Å². The second kappa shape index (κ2) is 9.67. The highest BCUT2D eigenvalue weighted by Crippen LogP contribution is 2.65. The van der Waals surface area contributed by atoms with Gasteiger partial charge in [-0.3, -0.25) is 9.59 Å². The van der Waals surface area contributed by atoms with Crippen molar-refractivity contribution in [1.29, 1.82) is 0 Å². The standard InChI is InChI=1S/C23H37N3O6/c1-26(2)21(30)24-8-6-5-7-17(18(27)31-3)25-19(28)22-10-15-9-16(11-22)13-23(12-15,14-22)20(29)32-4/h15-17H,5-14H2,1-4H3,(H,24,30)(H,25,28)/t15?,16?,17-,22?,23?/m0/s1. The Bertz CT molecular complexity index is 738. The summed E-state index contributed by atoms with van der Waals surface area (Å²) in [6.07, 6.45) is 6.44. The summed E-state index contributed by atoms with van der Waals surface area (Å²) in [6.45, 7) is 0.494. The maximum Gasteiger partial charge on any atom is 0.328 e. The Hall–Kier alpha value is -2.32. The van der Waals surface area contributed by atoms with Crippen molar-refractivity contribution in [2.24, 2.45) is 22.7 Å². The number of nitrogens with zero attached hydrogens (tertiary/aromatic N) is 1. The molecule has 4 bridgehead atoms. The van der Waals surface area contributed by atoms with E-state index in [0.717, 1.165) is 32.1 Å². The number of ether oxygens (including phenoxy) is 2. The van der Waals surface area contributed by atoms with Gasteiger partial charge in [-0.15, -0.1) is 0 Å². The van der Waals surface area contributed by atoms with Gasteiger partial charge in [-0.25, -0.2) is 9.59 Å². The molecule has 3 atom stereocenters. The molecular weight excluding hydrogens is 414 g/mol. The molecule has 4 aliphatic rings. The van der Waals surface area contributed by atoms with Gasteiger partial charge in [0.25, 0.3) is 0 Å². The first kappa shape index (κ1) is 24.3. The third kappa shape index (κ3) is 4.86. The molecule has 4 fully saturated rings. The summed E-state index contributed by atoms with van der Waals surface area (Å²) in [6, 6.07) is -0.900. The molecule has 2 unspecified atom stereocenters. The van der Waals surface area contributed by atoms with Gasteiger partial charge in [0.1, 0.15) is 6.04 Å². The quantitative estimate of drug-likeness (QED) is 0.408. The largest absolute Gasteiger partial charge is 0.469 e. The molecule has 0 aromatic carbocycles. The molecule has 0 radical (unpaired) electrons. The van der Waals surface area contributed by atoms with Crippen LogP contribution in [0, 0.1) is 22.7 Å². The van der Waals surface area contributed by atoms with Crippen LogP contribution in [0.25, 0.3) is 0 Å². The zero-order valence-corrected chi connectivity index (χ0v) is 19.7. The number of hydrogen-bond donors (Lipinski definition) is 2. The first-order chi connectivity index (χ1) is 15.1. The number of unbranched alkanes of at least 4 members (excludes halogenated alkanes) is 1. The van der Waals surface area contributed by atoms with E-state index in [1.54, 1.807) is 14.1 Å². The van der Waals surface area contributed by atoms with Gasteiger partial charge in [0.05, 0.1) is 25.0 Å². The van der Waals surface area contributed by atoms with E-state index in [1.165, 1.54) is 19.1 Å². The lowest BCUT2D eigenvalue weighted by Gasteiger charge is -2.59. The van der Waals surface area contributed by atoms with Crippen LogP contribution in [0.1, 0.15) is 57.8 Å².